The number of rotatable bonds is 4. The molecule has 0 aliphatic carbocycles. The molecule has 3 aromatic heterocycles. The number of fused-ring (bicyclic) bond motifs is 1. The Labute approximate surface area is 144 Å². The van der Waals surface area contributed by atoms with E-state index in [1.54, 1.807) is 29.3 Å². The highest BCUT2D eigenvalue weighted by atomic mass is 16.1. The fourth-order valence-corrected chi connectivity index (χ4v) is 2.68. The van der Waals surface area contributed by atoms with Gasteiger partial charge in [-0.3, -0.25) is 9.78 Å². The van der Waals surface area contributed by atoms with E-state index in [2.05, 4.69) is 20.4 Å². The number of nitrogens with one attached hydrogen (secondary N) is 1. The highest BCUT2D eigenvalue weighted by molar-refractivity contribution is 6.06. The molecule has 25 heavy (non-hydrogen) atoms. The van der Waals surface area contributed by atoms with Crippen molar-refractivity contribution in [3.8, 4) is 5.82 Å². The molecule has 0 aliphatic rings. The van der Waals surface area contributed by atoms with Gasteiger partial charge in [-0.1, -0.05) is 12.1 Å². The van der Waals surface area contributed by atoms with Crippen molar-refractivity contribution in [1.82, 2.24) is 25.1 Å². The standard InChI is InChI=1S/C19H15N5O/c25-19(16-4-1-6-17-15(16)5-2-8-20-17)22-13-14-7-10-21-18(12-14)24-11-3-9-23-24/h1-12H,13H2,(H,22,25). The van der Waals surface area contributed by atoms with Gasteiger partial charge in [-0.2, -0.15) is 5.10 Å². The van der Waals surface area contributed by atoms with E-state index >= 15 is 0 Å². The first-order chi connectivity index (χ1) is 12.3. The van der Waals surface area contributed by atoms with Gasteiger partial charge in [-0.25, -0.2) is 9.67 Å². The first kappa shape index (κ1) is 15.0. The van der Waals surface area contributed by atoms with Gasteiger partial charge in [0.1, 0.15) is 0 Å². The second kappa shape index (κ2) is 6.52. The van der Waals surface area contributed by atoms with E-state index in [9.17, 15) is 4.79 Å². The maximum absolute atomic E-state index is 12.6. The average Bonchev–Trinajstić information content (AvgIpc) is 3.21. The molecule has 0 radical (unpaired) electrons. The molecule has 122 valence electrons. The highest BCUT2D eigenvalue weighted by Gasteiger charge is 2.10. The molecule has 0 saturated heterocycles. The molecule has 0 atom stereocenters. The van der Waals surface area contributed by atoms with Gasteiger partial charge in [0, 0.05) is 42.3 Å². The van der Waals surface area contributed by atoms with Crippen molar-refractivity contribution in [2.24, 2.45) is 0 Å². The Morgan fingerprint density at radius 3 is 2.84 bits per heavy atom. The van der Waals surface area contributed by atoms with E-state index in [-0.39, 0.29) is 5.91 Å². The molecule has 0 spiro atoms. The number of nitrogens with zero attached hydrogens (tertiary/aromatic N) is 4. The van der Waals surface area contributed by atoms with Crippen LogP contribution in [0.1, 0.15) is 15.9 Å². The third-order valence-corrected chi connectivity index (χ3v) is 3.89. The number of amides is 1. The number of carbonyl (C=O) groups is 1. The lowest BCUT2D eigenvalue weighted by molar-refractivity contribution is 0.0952. The molecule has 1 N–H and O–H groups in total. The summed E-state index contributed by atoms with van der Waals surface area (Å²) in [5, 5.41) is 7.96. The molecule has 4 rings (SSSR count). The van der Waals surface area contributed by atoms with Crippen molar-refractivity contribution in [1.29, 1.82) is 0 Å². The summed E-state index contributed by atoms with van der Waals surface area (Å²) in [5.41, 5.74) is 2.37. The van der Waals surface area contributed by atoms with Crippen LogP contribution in [0.15, 0.2) is 73.3 Å². The zero-order valence-corrected chi connectivity index (χ0v) is 13.3. The Bertz CT molecular complexity index is 1020. The summed E-state index contributed by atoms with van der Waals surface area (Å²) in [6.07, 6.45) is 6.95. The zero-order valence-electron chi connectivity index (χ0n) is 13.3. The molecule has 0 fully saturated rings. The fraction of sp³-hybridized carbons (Fsp3) is 0.0526. The third kappa shape index (κ3) is 3.10. The minimum absolute atomic E-state index is 0.129. The van der Waals surface area contributed by atoms with Crippen molar-refractivity contribution in [3.63, 3.8) is 0 Å². The number of pyridine rings is 2. The molecule has 1 aromatic carbocycles. The number of hydrogen-bond donors (Lipinski definition) is 1. The van der Waals surface area contributed by atoms with Gasteiger partial charge < -0.3 is 5.32 Å². The van der Waals surface area contributed by atoms with Crippen molar-refractivity contribution >= 4 is 16.8 Å². The molecule has 6 nitrogen and oxygen atoms in total. The SMILES string of the molecule is O=C(NCc1ccnc(-n2cccn2)c1)c1cccc2ncccc12. The third-order valence-electron chi connectivity index (χ3n) is 3.89. The van der Waals surface area contributed by atoms with Gasteiger partial charge in [0.15, 0.2) is 5.82 Å². The van der Waals surface area contributed by atoms with Gasteiger partial charge in [-0.15, -0.1) is 0 Å². The molecular weight excluding hydrogens is 314 g/mol. The largest absolute Gasteiger partial charge is 0.348 e. The van der Waals surface area contributed by atoms with E-state index < -0.39 is 0 Å². The number of hydrogen-bond acceptors (Lipinski definition) is 4. The van der Waals surface area contributed by atoms with Crippen LogP contribution in [-0.2, 0) is 6.54 Å². The number of benzene rings is 1. The topological polar surface area (TPSA) is 72.7 Å². The Kier molecular flexibility index (Phi) is 3.92. The van der Waals surface area contributed by atoms with Crippen LogP contribution in [0.25, 0.3) is 16.7 Å². The van der Waals surface area contributed by atoms with Crippen LogP contribution < -0.4 is 5.32 Å². The number of aromatic nitrogens is 4. The van der Waals surface area contributed by atoms with E-state index in [1.807, 2.05) is 48.7 Å². The minimum atomic E-state index is -0.129. The van der Waals surface area contributed by atoms with Crippen molar-refractivity contribution < 1.29 is 4.79 Å². The lowest BCUT2D eigenvalue weighted by atomic mass is 10.1. The van der Waals surface area contributed by atoms with E-state index in [0.29, 0.717) is 17.9 Å². The van der Waals surface area contributed by atoms with Crippen LogP contribution in [0, 0.1) is 0 Å². The lowest BCUT2D eigenvalue weighted by Gasteiger charge is -2.09. The normalized spacial score (nSPS) is 10.7. The molecule has 3 heterocycles. The molecule has 6 heteroatoms. The summed E-state index contributed by atoms with van der Waals surface area (Å²) < 4.78 is 1.68. The summed E-state index contributed by atoms with van der Waals surface area (Å²) in [4.78, 5) is 21.1. The summed E-state index contributed by atoms with van der Waals surface area (Å²) >= 11 is 0. The zero-order chi connectivity index (χ0) is 17.1. The maximum Gasteiger partial charge on any atom is 0.252 e. The van der Waals surface area contributed by atoms with Gasteiger partial charge >= 0.3 is 0 Å². The quantitative estimate of drug-likeness (QED) is 0.625. The average molecular weight is 329 g/mol. The summed E-state index contributed by atoms with van der Waals surface area (Å²) in [6.45, 7) is 0.409. The predicted octanol–water partition coefficient (Wildman–Crippen LogP) is 2.75. The Morgan fingerprint density at radius 1 is 1.00 bits per heavy atom. The fourth-order valence-electron chi connectivity index (χ4n) is 2.68. The number of carbonyl (C=O) groups excluding carboxylic acids is 1. The Hall–Kier alpha value is -3.54. The molecule has 0 saturated carbocycles. The van der Waals surface area contributed by atoms with Crippen molar-refractivity contribution in [3.05, 3.63) is 84.4 Å². The Morgan fingerprint density at radius 2 is 1.96 bits per heavy atom. The smallest absolute Gasteiger partial charge is 0.252 e. The molecule has 4 aromatic rings. The predicted molar refractivity (Wildman–Crippen MR) is 94.3 cm³/mol. The monoisotopic (exact) mass is 329 g/mol. The van der Waals surface area contributed by atoms with E-state index in [4.69, 9.17) is 0 Å². The second-order valence-corrected chi connectivity index (χ2v) is 5.53. The van der Waals surface area contributed by atoms with Crippen LogP contribution in [0.4, 0.5) is 0 Å². The molecule has 0 bridgehead atoms. The van der Waals surface area contributed by atoms with Crippen LogP contribution in [0.2, 0.25) is 0 Å². The second-order valence-electron chi connectivity index (χ2n) is 5.53. The molecule has 0 aliphatic heterocycles. The molecular formula is C19H15N5O. The Balaban J connectivity index is 1.53. The van der Waals surface area contributed by atoms with Crippen LogP contribution in [0.3, 0.4) is 0 Å². The van der Waals surface area contributed by atoms with E-state index in [0.717, 1.165) is 16.5 Å². The maximum atomic E-state index is 12.6. The summed E-state index contributed by atoms with van der Waals surface area (Å²) in [7, 11) is 0. The van der Waals surface area contributed by atoms with Gasteiger partial charge in [0.05, 0.1) is 5.52 Å². The summed E-state index contributed by atoms with van der Waals surface area (Å²) in [5.74, 6) is 0.585. The van der Waals surface area contributed by atoms with Crippen LogP contribution >= 0.6 is 0 Å². The van der Waals surface area contributed by atoms with Gasteiger partial charge in [0.2, 0.25) is 0 Å². The minimum Gasteiger partial charge on any atom is -0.348 e. The first-order valence-corrected chi connectivity index (χ1v) is 7.88. The molecule has 1 amide bonds. The van der Waals surface area contributed by atoms with Crippen LogP contribution in [0.5, 0.6) is 0 Å². The van der Waals surface area contributed by atoms with E-state index in [1.165, 1.54) is 0 Å². The highest BCUT2D eigenvalue weighted by Crippen LogP contribution is 2.16. The molecule has 0 unspecified atom stereocenters. The summed E-state index contributed by atoms with van der Waals surface area (Å²) in [6, 6.07) is 14.9. The van der Waals surface area contributed by atoms with Crippen molar-refractivity contribution in [2.45, 2.75) is 6.54 Å². The first-order valence-electron chi connectivity index (χ1n) is 7.88. The van der Waals surface area contributed by atoms with Crippen LogP contribution in [-0.4, -0.2) is 25.7 Å². The van der Waals surface area contributed by atoms with Gasteiger partial charge in [0.25, 0.3) is 5.91 Å². The van der Waals surface area contributed by atoms with Gasteiger partial charge in [-0.05, 0) is 42.0 Å². The lowest BCUT2D eigenvalue weighted by Crippen LogP contribution is -2.23. The van der Waals surface area contributed by atoms with Crippen molar-refractivity contribution in [2.75, 3.05) is 0 Å².